The summed E-state index contributed by atoms with van der Waals surface area (Å²) in [4.78, 5) is 37.2. The number of thioether (sulfide) groups is 1. The number of nitrogens with zero attached hydrogens (tertiary/aromatic N) is 3. The number of hydrogen-bond acceptors (Lipinski definition) is 7. The van der Waals surface area contributed by atoms with E-state index in [2.05, 4.69) is 27.4 Å². The highest BCUT2D eigenvalue weighted by Gasteiger charge is 2.26. The molecular formula is C24H26N4O3S2. The smallest absolute Gasteiger partial charge is 0.275 e. The van der Waals surface area contributed by atoms with Gasteiger partial charge in [0, 0.05) is 35.5 Å². The highest BCUT2D eigenvalue weighted by atomic mass is 32.2. The lowest BCUT2D eigenvalue weighted by molar-refractivity contribution is -0.131. The number of carbonyl (C=O) groups excluding carboxylic acids is 2. The van der Waals surface area contributed by atoms with E-state index in [1.807, 2.05) is 23.3 Å². The zero-order valence-corrected chi connectivity index (χ0v) is 20.2. The third kappa shape index (κ3) is 5.72. The molecule has 0 saturated carbocycles. The Bertz CT molecular complexity index is 1110. The first-order valence-electron chi connectivity index (χ1n) is 10.7. The number of aromatic nitrogens is 2. The normalized spacial score (nSPS) is 14.2. The maximum atomic E-state index is 12.7. The van der Waals surface area contributed by atoms with Crippen molar-refractivity contribution >= 4 is 40.6 Å². The fourth-order valence-electron chi connectivity index (χ4n) is 3.82. The van der Waals surface area contributed by atoms with Crippen LogP contribution in [0.2, 0.25) is 0 Å². The van der Waals surface area contributed by atoms with E-state index in [1.165, 1.54) is 23.3 Å². The number of rotatable bonds is 7. The number of anilines is 1. The Morgan fingerprint density at radius 3 is 2.67 bits per heavy atom. The molecule has 0 unspecified atom stereocenters. The van der Waals surface area contributed by atoms with Crippen molar-refractivity contribution < 1.29 is 14.3 Å². The van der Waals surface area contributed by atoms with E-state index in [-0.39, 0.29) is 17.7 Å². The van der Waals surface area contributed by atoms with Gasteiger partial charge in [-0.05, 0) is 48.9 Å². The van der Waals surface area contributed by atoms with Gasteiger partial charge in [-0.3, -0.25) is 9.59 Å². The van der Waals surface area contributed by atoms with Gasteiger partial charge in [0.2, 0.25) is 11.8 Å². The molecule has 7 nitrogen and oxygen atoms in total. The summed E-state index contributed by atoms with van der Waals surface area (Å²) in [5.41, 5.74) is 1.93. The fourth-order valence-corrected chi connectivity index (χ4v) is 5.20. The second kappa shape index (κ2) is 10.8. The van der Waals surface area contributed by atoms with Crippen LogP contribution in [0.25, 0.3) is 0 Å². The monoisotopic (exact) mass is 482 g/mol. The van der Waals surface area contributed by atoms with Crippen LogP contribution in [0, 0.1) is 0 Å². The van der Waals surface area contributed by atoms with Crippen molar-refractivity contribution in [3.8, 4) is 5.88 Å². The molecule has 2 amide bonds. The number of hydrogen-bond donors (Lipinski definition) is 1. The number of thiazole rings is 1. The fraction of sp³-hybridized carbons (Fsp3) is 0.333. The van der Waals surface area contributed by atoms with Gasteiger partial charge in [0.05, 0.1) is 18.5 Å². The van der Waals surface area contributed by atoms with E-state index < -0.39 is 0 Å². The van der Waals surface area contributed by atoms with Crippen LogP contribution >= 0.6 is 23.1 Å². The molecule has 0 radical (unpaired) electrons. The van der Waals surface area contributed by atoms with E-state index in [4.69, 9.17) is 4.74 Å². The number of nitrogens with one attached hydrogen (secondary N) is 1. The minimum absolute atomic E-state index is 0.162. The molecule has 4 rings (SSSR count). The van der Waals surface area contributed by atoms with Crippen molar-refractivity contribution in [1.29, 1.82) is 0 Å². The molecule has 172 valence electrons. The Labute approximate surface area is 201 Å². The van der Waals surface area contributed by atoms with Crippen molar-refractivity contribution in [2.45, 2.75) is 30.1 Å². The van der Waals surface area contributed by atoms with Crippen molar-refractivity contribution in [3.05, 3.63) is 64.2 Å². The van der Waals surface area contributed by atoms with Gasteiger partial charge in [-0.2, -0.15) is 0 Å². The Morgan fingerprint density at radius 1 is 1.21 bits per heavy atom. The van der Waals surface area contributed by atoms with E-state index in [0.717, 1.165) is 23.4 Å². The van der Waals surface area contributed by atoms with Gasteiger partial charge in [-0.25, -0.2) is 9.97 Å². The summed E-state index contributed by atoms with van der Waals surface area (Å²) < 4.78 is 5.18. The number of carbonyl (C=O) groups is 2. The van der Waals surface area contributed by atoms with Gasteiger partial charge in [0.15, 0.2) is 0 Å². The van der Waals surface area contributed by atoms with Crippen molar-refractivity contribution in [1.82, 2.24) is 14.9 Å². The standard InChI is InChI=1S/C24H26N4O3S2/c1-31-23-19(4-3-11-25-23)26-22(30)20-15-33-24(27-20)17-9-12-28(13-10-17)21(29)14-16-5-7-18(32-2)8-6-16/h3-8,11,15,17H,9-10,12-14H2,1-2H3,(H,26,30). The maximum Gasteiger partial charge on any atom is 0.275 e. The number of likely N-dealkylation sites (tertiary alicyclic amines) is 1. The van der Waals surface area contributed by atoms with Crippen LogP contribution in [0.1, 0.15) is 39.8 Å². The SMILES string of the molecule is COc1ncccc1NC(=O)c1csc(C2CCN(C(=O)Cc3ccc(SC)cc3)CC2)n1. The van der Waals surface area contributed by atoms with Gasteiger partial charge in [-0.1, -0.05) is 12.1 Å². The molecule has 33 heavy (non-hydrogen) atoms. The third-order valence-electron chi connectivity index (χ3n) is 5.68. The molecule has 0 bridgehead atoms. The van der Waals surface area contributed by atoms with E-state index in [1.54, 1.807) is 35.5 Å². The molecule has 9 heteroatoms. The van der Waals surface area contributed by atoms with Crippen molar-refractivity contribution in [2.24, 2.45) is 0 Å². The Morgan fingerprint density at radius 2 is 1.97 bits per heavy atom. The first-order valence-corrected chi connectivity index (χ1v) is 12.8. The van der Waals surface area contributed by atoms with E-state index in [9.17, 15) is 9.59 Å². The van der Waals surface area contributed by atoms with Gasteiger partial charge in [-0.15, -0.1) is 23.1 Å². The highest BCUT2D eigenvalue weighted by molar-refractivity contribution is 7.98. The van der Waals surface area contributed by atoms with Gasteiger partial charge in [0.25, 0.3) is 5.91 Å². The van der Waals surface area contributed by atoms with Crippen LogP contribution in [0.3, 0.4) is 0 Å². The number of amides is 2. The third-order valence-corrected chi connectivity index (χ3v) is 7.43. The van der Waals surface area contributed by atoms with Crippen LogP contribution in [-0.2, 0) is 11.2 Å². The molecule has 2 aromatic heterocycles. The first-order chi connectivity index (χ1) is 16.1. The molecule has 3 heterocycles. The molecule has 3 aromatic rings. The van der Waals surface area contributed by atoms with Crippen LogP contribution < -0.4 is 10.1 Å². The predicted molar refractivity (Wildman–Crippen MR) is 131 cm³/mol. The predicted octanol–water partition coefficient (Wildman–Crippen LogP) is 4.47. The molecule has 1 aliphatic rings. The average Bonchev–Trinajstić information content (AvgIpc) is 3.35. The van der Waals surface area contributed by atoms with Crippen LogP contribution in [0.5, 0.6) is 5.88 Å². The second-order valence-corrected chi connectivity index (χ2v) is 9.53. The molecule has 1 saturated heterocycles. The first kappa shape index (κ1) is 23.3. The quantitative estimate of drug-likeness (QED) is 0.500. The number of ether oxygens (including phenoxy) is 1. The molecule has 1 aliphatic heterocycles. The molecular weight excluding hydrogens is 456 g/mol. The number of pyridine rings is 1. The lowest BCUT2D eigenvalue weighted by atomic mass is 9.97. The van der Waals surface area contributed by atoms with Gasteiger partial charge >= 0.3 is 0 Å². The lowest BCUT2D eigenvalue weighted by Crippen LogP contribution is -2.38. The molecule has 1 aromatic carbocycles. The lowest BCUT2D eigenvalue weighted by Gasteiger charge is -2.31. The van der Waals surface area contributed by atoms with Gasteiger partial charge < -0.3 is 15.0 Å². The zero-order valence-electron chi connectivity index (χ0n) is 18.6. The average molecular weight is 483 g/mol. The summed E-state index contributed by atoms with van der Waals surface area (Å²) in [5.74, 6) is 0.492. The minimum Gasteiger partial charge on any atom is -0.480 e. The maximum absolute atomic E-state index is 12.7. The van der Waals surface area contributed by atoms with E-state index in [0.29, 0.717) is 36.8 Å². The van der Waals surface area contributed by atoms with Crippen LogP contribution in [0.4, 0.5) is 5.69 Å². The molecule has 1 fully saturated rings. The second-order valence-electron chi connectivity index (χ2n) is 7.77. The highest BCUT2D eigenvalue weighted by Crippen LogP contribution is 2.31. The summed E-state index contributed by atoms with van der Waals surface area (Å²) in [6, 6.07) is 11.6. The van der Waals surface area contributed by atoms with Gasteiger partial charge in [0.1, 0.15) is 11.4 Å². The van der Waals surface area contributed by atoms with Crippen LogP contribution in [-0.4, -0.2) is 53.1 Å². The minimum atomic E-state index is -0.288. The number of piperidine rings is 1. The van der Waals surface area contributed by atoms with Crippen molar-refractivity contribution in [2.75, 3.05) is 31.8 Å². The topological polar surface area (TPSA) is 84.4 Å². The summed E-state index contributed by atoms with van der Waals surface area (Å²) in [7, 11) is 1.51. The zero-order chi connectivity index (χ0) is 23.2. The largest absolute Gasteiger partial charge is 0.480 e. The summed E-state index contributed by atoms with van der Waals surface area (Å²) in [6.45, 7) is 1.42. The molecule has 0 atom stereocenters. The summed E-state index contributed by atoms with van der Waals surface area (Å²) in [6.07, 6.45) is 5.77. The Kier molecular flexibility index (Phi) is 7.61. The number of benzene rings is 1. The van der Waals surface area contributed by atoms with Crippen LogP contribution in [0.15, 0.2) is 52.9 Å². The Hall–Kier alpha value is -2.91. The summed E-state index contributed by atoms with van der Waals surface area (Å²) >= 11 is 3.19. The molecule has 1 N–H and O–H groups in total. The van der Waals surface area contributed by atoms with Crippen molar-refractivity contribution in [3.63, 3.8) is 0 Å². The molecule has 0 spiro atoms. The number of methoxy groups -OCH3 is 1. The van der Waals surface area contributed by atoms with E-state index >= 15 is 0 Å². The Balaban J connectivity index is 1.31. The molecule has 0 aliphatic carbocycles. The summed E-state index contributed by atoms with van der Waals surface area (Å²) in [5, 5.41) is 5.53.